The summed E-state index contributed by atoms with van der Waals surface area (Å²) in [5.74, 6) is 0. The first-order chi connectivity index (χ1) is 11.7. The number of aryl methyl sites for hydroxylation is 1. The summed E-state index contributed by atoms with van der Waals surface area (Å²) in [7, 11) is 0. The van der Waals surface area contributed by atoms with Crippen LogP contribution in [0.1, 0.15) is 22.5 Å². The molecule has 1 atom stereocenters. The van der Waals surface area contributed by atoms with Crippen LogP contribution in [0.15, 0.2) is 30.3 Å². The fraction of sp³-hybridized carbons (Fsp3) is 0.526. The largest absolute Gasteiger partial charge is 0.394 e. The van der Waals surface area contributed by atoms with E-state index in [0.717, 1.165) is 44.0 Å². The average Bonchev–Trinajstić information content (AvgIpc) is 2.84. The molecule has 1 N–H and O–H groups in total. The van der Waals surface area contributed by atoms with Gasteiger partial charge in [0.2, 0.25) is 0 Å². The number of rotatable bonds is 6. The summed E-state index contributed by atoms with van der Waals surface area (Å²) >= 11 is 0. The molecule has 2 aromatic rings. The number of hydrogen-bond acceptors (Lipinski definition) is 4. The number of morpholine rings is 1. The zero-order chi connectivity index (χ0) is 16.9. The van der Waals surface area contributed by atoms with Gasteiger partial charge in [0.25, 0.3) is 0 Å². The van der Waals surface area contributed by atoms with E-state index in [4.69, 9.17) is 9.84 Å². The number of hydrogen-bond donors (Lipinski definition) is 1. The third-order valence-electron chi connectivity index (χ3n) is 4.75. The number of aliphatic hydroxyl groups excluding tert-OH is 1. The van der Waals surface area contributed by atoms with Crippen molar-refractivity contribution in [2.75, 3.05) is 26.3 Å². The first-order valence-electron chi connectivity index (χ1n) is 8.69. The quantitative estimate of drug-likeness (QED) is 0.880. The van der Waals surface area contributed by atoms with E-state index in [1.54, 1.807) is 0 Å². The zero-order valence-electron chi connectivity index (χ0n) is 14.6. The van der Waals surface area contributed by atoms with Gasteiger partial charge in [-0.1, -0.05) is 30.3 Å². The van der Waals surface area contributed by atoms with E-state index in [9.17, 15) is 0 Å². The Balaban J connectivity index is 1.63. The maximum Gasteiger partial charge on any atom is 0.0743 e. The van der Waals surface area contributed by atoms with Crippen LogP contribution in [-0.4, -0.2) is 52.2 Å². The summed E-state index contributed by atoms with van der Waals surface area (Å²) in [6, 6.07) is 10.5. The Morgan fingerprint density at radius 3 is 2.79 bits per heavy atom. The van der Waals surface area contributed by atoms with Gasteiger partial charge in [-0.2, -0.15) is 5.10 Å². The van der Waals surface area contributed by atoms with Crippen LogP contribution >= 0.6 is 0 Å². The Bertz CT molecular complexity index is 654. The highest BCUT2D eigenvalue weighted by Gasteiger charge is 2.23. The molecule has 1 aromatic carbocycles. The molecule has 0 bridgehead atoms. The Morgan fingerprint density at radius 1 is 1.25 bits per heavy atom. The number of nitrogens with zero attached hydrogens (tertiary/aromatic N) is 3. The molecule has 0 aliphatic carbocycles. The number of aliphatic hydroxyl groups is 1. The second-order valence-corrected chi connectivity index (χ2v) is 6.51. The minimum atomic E-state index is 0.123. The third-order valence-corrected chi connectivity index (χ3v) is 4.75. The Labute approximate surface area is 143 Å². The summed E-state index contributed by atoms with van der Waals surface area (Å²) in [4.78, 5) is 2.46. The minimum absolute atomic E-state index is 0.123. The molecule has 1 aliphatic heterocycles. The van der Waals surface area contributed by atoms with Gasteiger partial charge in [-0.15, -0.1) is 0 Å². The van der Waals surface area contributed by atoms with Crippen LogP contribution < -0.4 is 0 Å². The van der Waals surface area contributed by atoms with E-state index < -0.39 is 0 Å². The molecular formula is C19H27N3O2. The topological polar surface area (TPSA) is 50.5 Å². The molecule has 0 radical (unpaired) electrons. The normalized spacial score (nSPS) is 18.9. The summed E-state index contributed by atoms with van der Waals surface area (Å²) in [6.07, 6.45) is 1.20. The zero-order valence-corrected chi connectivity index (χ0v) is 14.6. The van der Waals surface area contributed by atoms with E-state index in [2.05, 4.69) is 48.1 Å². The lowest BCUT2D eigenvalue weighted by atomic mass is 10.1. The van der Waals surface area contributed by atoms with Crippen LogP contribution in [0.25, 0.3) is 0 Å². The van der Waals surface area contributed by atoms with Crippen molar-refractivity contribution in [3.8, 4) is 0 Å². The summed E-state index contributed by atoms with van der Waals surface area (Å²) in [5.41, 5.74) is 4.83. The minimum Gasteiger partial charge on any atom is -0.394 e. The van der Waals surface area contributed by atoms with Crippen molar-refractivity contribution in [2.24, 2.45) is 0 Å². The number of benzene rings is 1. The Morgan fingerprint density at radius 2 is 2.04 bits per heavy atom. The fourth-order valence-electron chi connectivity index (χ4n) is 3.42. The lowest BCUT2D eigenvalue weighted by molar-refractivity contribution is -0.0306. The van der Waals surface area contributed by atoms with Crippen molar-refractivity contribution in [3.05, 3.63) is 52.8 Å². The third kappa shape index (κ3) is 4.04. The lowest BCUT2D eigenvalue weighted by Gasteiger charge is -2.33. The molecule has 0 saturated carbocycles. The average molecular weight is 329 g/mol. The van der Waals surface area contributed by atoms with E-state index in [-0.39, 0.29) is 12.7 Å². The highest BCUT2D eigenvalue weighted by molar-refractivity contribution is 5.24. The molecule has 2 heterocycles. The van der Waals surface area contributed by atoms with E-state index in [1.807, 2.05) is 10.7 Å². The SMILES string of the molecule is Cc1nn(CCO)c(C)c1CN1CCOC(Cc2ccccc2)C1. The van der Waals surface area contributed by atoms with Crippen molar-refractivity contribution in [1.82, 2.24) is 14.7 Å². The molecule has 1 fully saturated rings. The maximum absolute atomic E-state index is 9.15. The van der Waals surface area contributed by atoms with Gasteiger partial charge in [-0.3, -0.25) is 9.58 Å². The fourth-order valence-corrected chi connectivity index (χ4v) is 3.42. The molecule has 1 unspecified atom stereocenters. The van der Waals surface area contributed by atoms with Gasteiger partial charge in [0.05, 0.1) is 31.6 Å². The lowest BCUT2D eigenvalue weighted by Crippen LogP contribution is -2.43. The van der Waals surface area contributed by atoms with Gasteiger partial charge < -0.3 is 9.84 Å². The highest BCUT2D eigenvalue weighted by atomic mass is 16.5. The summed E-state index contributed by atoms with van der Waals surface area (Å²) < 4.78 is 7.87. The molecule has 1 saturated heterocycles. The molecule has 0 spiro atoms. The van der Waals surface area contributed by atoms with Gasteiger partial charge in [0, 0.05) is 30.9 Å². The molecular weight excluding hydrogens is 302 g/mol. The number of ether oxygens (including phenoxy) is 1. The van der Waals surface area contributed by atoms with Crippen molar-refractivity contribution in [2.45, 2.75) is 39.5 Å². The number of aromatic nitrogens is 2. The second-order valence-electron chi connectivity index (χ2n) is 6.51. The molecule has 1 aromatic heterocycles. The molecule has 5 heteroatoms. The van der Waals surface area contributed by atoms with Crippen LogP contribution in [0.3, 0.4) is 0 Å². The van der Waals surface area contributed by atoms with Crippen molar-refractivity contribution in [1.29, 1.82) is 0 Å². The standard InChI is InChI=1S/C19H27N3O2/c1-15-19(16(2)22(20-15)8-10-23)14-21-9-11-24-18(13-21)12-17-6-4-3-5-7-17/h3-7,18,23H,8-14H2,1-2H3. The van der Waals surface area contributed by atoms with Crippen LogP contribution in [0.2, 0.25) is 0 Å². The monoisotopic (exact) mass is 329 g/mol. The van der Waals surface area contributed by atoms with Crippen molar-refractivity contribution < 1.29 is 9.84 Å². The maximum atomic E-state index is 9.15. The van der Waals surface area contributed by atoms with Crippen molar-refractivity contribution in [3.63, 3.8) is 0 Å². The van der Waals surface area contributed by atoms with Crippen molar-refractivity contribution >= 4 is 0 Å². The molecule has 1 aliphatic rings. The Kier molecular flexibility index (Phi) is 5.66. The van der Waals surface area contributed by atoms with Gasteiger partial charge in [-0.05, 0) is 25.8 Å². The molecule has 5 nitrogen and oxygen atoms in total. The van der Waals surface area contributed by atoms with Crippen LogP contribution in [0.4, 0.5) is 0 Å². The van der Waals surface area contributed by atoms with Crippen LogP contribution in [-0.2, 0) is 24.2 Å². The first kappa shape index (κ1) is 17.1. The van der Waals surface area contributed by atoms with Crippen LogP contribution in [0, 0.1) is 13.8 Å². The summed E-state index contributed by atoms with van der Waals surface area (Å²) in [5, 5.41) is 13.7. The second kappa shape index (κ2) is 7.92. The van der Waals surface area contributed by atoms with Crippen LogP contribution in [0.5, 0.6) is 0 Å². The van der Waals surface area contributed by atoms with E-state index in [1.165, 1.54) is 11.1 Å². The van der Waals surface area contributed by atoms with Gasteiger partial charge in [0.15, 0.2) is 0 Å². The van der Waals surface area contributed by atoms with Gasteiger partial charge in [0.1, 0.15) is 0 Å². The Hall–Kier alpha value is -1.69. The molecule has 24 heavy (non-hydrogen) atoms. The first-order valence-corrected chi connectivity index (χ1v) is 8.69. The highest BCUT2D eigenvalue weighted by Crippen LogP contribution is 2.19. The molecule has 0 amide bonds. The predicted octanol–water partition coefficient (Wildman–Crippen LogP) is 1.94. The molecule has 130 valence electrons. The van der Waals surface area contributed by atoms with Gasteiger partial charge >= 0.3 is 0 Å². The van der Waals surface area contributed by atoms with E-state index >= 15 is 0 Å². The van der Waals surface area contributed by atoms with Gasteiger partial charge in [-0.25, -0.2) is 0 Å². The predicted molar refractivity (Wildman–Crippen MR) is 93.9 cm³/mol. The summed E-state index contributed by atoms with van der Waals surface area (Å²) in [6.45, 7) is 8.40. The molecule has 3 rings (SSSR count). The smallest absolute Gasteiger partial charge is 0.0743 e. The van der Waals surface area contributed by atoms with E-state index in [0.29, 0.717) is 6.54 Å².